The number of ether oxygens (including phenoxy) is 2. The van der Waals surface area contributed by atoms with E-state index in [1.807, 2.05) is 29.7 Å². The third-order valence-electron chi connectivity index (χ3n) is 3.33. The Labute approximate surface area is 134 Å². The van der Waals surface area contributed by atoms with Gasteiger partial charge >= 0.3 is 6.01 Å². The molecule has 2 aromatic heterocycles. The number of nitrogens with zero attached hydrogens (tertiary/aromatic N) is 4. The lowest BCUT2D eigenvalue weighted by Gasteiger charge is -2.07. The number of nitrogens with two attached hydrogens (primary N) is 1. The van der Waals surface area contributed by atoms with Crippen molar-refractivity contribution < 1.29 is 9.47 Å². The van der Waals surface area contributed by atoms with Crippen LogP contribution < -0.4 is 10.5 Å². The number of aromatic nitrogens is 4. The van der Waals surface area contributed by atoms with Crippen LogP contribution in [-0.2, 0) is 11.3 Å². The van der Waals surface area contributed by atoms with Crippen LogP contribution in [0.1, 0.15) is 12.5 Å². The number of fused-ring (bicyclic) bond motifs is 1. The minimum atomic E-state index is 0.240. The Morgan fingerprint density at radius 3 is 2.74 bits per heavy atom. The second kappa shape index (κ2) is 7.06. The highest BCUT2D eigenvalue weighted by molar-refractivity contribution is 5.81. The van der Waals surface area contributed by atoms with Gasteiger partial charge in [0.05, 0.1) is 19.5 Å². The molecule has 23 heavy (non-hydrogen) atoms. The van der Waals surface area contributed by atoms with Crippen molar-refractivity contribution in [2.45, 2.75) is 13.5 Å². The molecule has 3 rings (SSSR count). The Morgan fingerprint density at radius 1 is 1.13 bits per heavy atom. The van der Waals surface area contributed by atoms with Crippen LogP contribution >= 0.6 is 0 Å². The van der Waals surface area contributed by atoms with E-state index in [2.05, 4.69) is 27.1 Å². The van der Waals surface area contributed by atoms with Crippen molar-refractivity contribution in [1.29, 1.82) is 0 Å². The Hall–Kier alpha value is -2.67. The van der Waals surface area contributed by atoms with Gasteiger partial charge in [0.2, 0.25) is 0 Å². The van der Waals surface area contributed by atoms with Crippen molar-refractivity contribution in [2.24, 2.45) is 0 Å². The highest BCUT2D eigenvalue weighted by atomic mass is 16.5. The van der Waals surface area contributed by atoms with Crippen LogP contribution in [0.2, 0.25) is 0 Å². The summed E-state index contributed by atoms with van der Waals surface area (Å²) in [6.45, 7) is 4.11. The zero-order valence-electron chi connectivity index (χ0n) is 13.0. The highest BCUT2D eigenvalue weighted by Gasteiger charge is 2.12. The molecular formula is C16H19N5O2. The summed E-state index contributed by atoms with van der Waals surface area (Å²) in [4.78, 5) is 12.9. The molecule has 7 heteroatoms. The summed E-state index contributed by atoms with van der Waals surface area (Å²) in [5, 5.41) is 0. The lowest BCUT2D eigenvalue weighted by molar-refractivity contribution is 0.106. The number of anilines is 1. The standard InChI is InChI=1S/C16H19N5O2/c1-2-22-8-9-23-16-19-14(17)13-15(20-16)21(11-18-13)10-12-6-4-3-5-7-12/h3-7,11H,2,8-10H2,1H3,(H2,17,19,20). The topological polar surface area (TPSA) is 88.1 Å². The number of hydrogen-bond donors (Lipinski definition) is 1. The summed E-state index contributed by atoms with van der Waals surface area (Å²) in [5.41, 5.74) is 8.35. The molecule has 0 amide bonds. The predicted octanol–water partition coefficient (Wildman–Crippen LogP) is 1.87. The van der Waals surface area contributed by atoms with Gasteiger partial charge in [0, 0.05) is 6.61 Å². The van der Waals surface area contributed by atoms with Crippen molar-refractivity contribution in [3.05, 3.63) is 42.2 Å². The third kappa shape index (κ3) is 3.57. The molecule has 0 radical (unpaired) electrons. The van der Waals surface area contributed by atoms with Gasteiger partial charge in [0.1, 0.15) is 6.61 Å². The molecule has 1 aromatic carbocycles. The molecule has 0 aliphatic rings. The van der Waals surface area contributed by atoms with Crippen molar-refractivity contribution in [3.8, 4) is 6.01 Å². The van der Waals surface area contributed by atoms with Gasteiger partial charge in [0.25, 0.3) is 0 Å². The summed E-state index contributed by atoms with van der Waals surface area (Å²) in [7, 11) is 0. The first-order valence-corrected chi connectivity index (χ1v) is 7.50. The van der Waals surface area contributed by atoms with E-state index < -0.39 is 0 Å². The summed E-state index contributed by atoms with van der Waals surface area (Å²) in [5.74, 6) is 0.313. The average molecular weight is 313 g/mol. The summed E-state index contributed by atoms with van der Waals surface area (Å²) in [6.07, 6.45) is 1.71. The normalized spacial score (nSPS) is 11.0. The molecule has 0 spiro atoms. The summed E-state index contributed by atoms with van der Waals surface area (Å²) in [6, 6.07) is 10.3. The quantitative estimate of drug-likeness (QED) is 0.670. The van der Waals surface area contributed by atoms with Crippen LogP contribution in [0, 0.1) is 0 Å². The number of imidazole rings is 1. The van der Waals surface area contributed by atoms with E-state index in [4.69, 9.17) is 15.2 Å². The van der Waals surface area contributed by atoms with E-state index in [9.17, 15) is 0 Å². The Bertz CT molecular complexity index is 773. The van der Waals surface area contributed by atoms with Gasteiger partial charge in [-0.25, -0.2) is 4.98 Å². The molecule has 120 valence electrons. The molecule has 0 aliphatic heterocycles. The largest absolute Gasteiger partial charge is 0.461 e. The maximum absolute atomic E-state index is 5.96. The van der Waals surface area contributed by atoms with E-state index in [0.717, 1.165) is 5.56 Å². The predicted molar refractivity (Wildman–Crippen MR) is 87.3 cm³/mol. The van der Waals surface area contributed by atoms with Crippen molar-refractivity contribution in [3.63, 3.8) is 0 Å². The van der Waals surface area contributed by atoms with Crippen LogP contribution in [0.4, 0.5) is 5.82 Å². The molecule has 0 aliphatic carbocycles. The van der Waals surface area contributed by atoms with Gasteiger partial charge in [0.15, 0.2) is 17.0 Å². The third-order valence-corrected chi connectivity index (χ3v) is 3.33. The van der Waals surface area contributed by atoms with E-state index in [1.54, 1.807) is 6.33 Å². The molecule has 7 nitrogen and oxygen atoms in total. The van der Waals surface area contributed by atoms with Crippen LogP contribution in [-0.4, -0.2) is 39.3 Å². The smallest absolute Gasteiger partial charge is 0.320 e. The number of benzene rings is 1. The number of nitrogen functional groups attached to an aromatic ring is 1. The zero-order valence-corrected chi connectivity index (χ0v) is 13.0. The van der Waals surface area contributed by atoms with Crippen molar-refractivity contribution in [2.75, 3.05) is 25.6 Å². The first kappa shape index (κ1) is 15.2. The maximum Gasteiger partial charge on any atom is 0.320 e. The van der Waals surface area contributed by atoms with Gasteiger partial charge < -0.3 is 19.8 Å². The van der Waals surface area contributed by atoms with Crippen molar-refractivity contribution >= 4 is 17.0 Å². The monoisotopic (exact) mass is 313 g/mol. The van der Waals surface area contributed by atoms with Crippen LogP contribution in [0.25, 0.3) is 11.2 Å². The zero-order chi connectivity index (χ0) is 16.1. The minimum absolute atomic E-state index is 0.240. The molecule has 3 aromatic rings. The Kier molecular flexibility index (Phi) is 4.68. The lowest BCUT2D eigenvalue weighted by atomic mass is 10.2. The van der Waals surface area contributed by atoms with E-state index in [1.165, 1.54) is 0 Å². The van der Waals surface area contributed by atoms with E-state index in [0.29, 0.717) is 43.3 Å². The lowest BCUT2D eigenvalue weighted by Crippen LogP contribution is -2.10. The Balaban J connectivity index is 1.83. The van der Waals surface area contributed by atoms with Crippen molar-refractivity contribution in [1.82, 2.24) is 19.5 Å². The number of hydrogen-bond acceptors (Lipinski definition) is 6. The molecule has 0 fully saturated rings. The van der Waals surface area contributed by atoms with Gasteiger partial charge in [-0.2, -0.15) is 9.97 Å². The molecular weight excluding hydrogens is 294 g/mol. The second-order valence-corrected chi connectivity index (χ2v) is 4.97. The fourth-order valence-corrected chi connectivity index (χ4v) is 2.24. The molecule has 0 atom stereocenters. The molecule has 0 bridgehead atoms. The maximum atomic E-state index is 5.96. The average Bonchev–Trinajstić information content (AvgIpc) is 2.96. The molecule has 0 saturated carbocycles. The summed E-state index contributed by atoms with van der Waals surface area (Å²) >= 11 is 0. The first-order chi connectivity index (χ1) is 11.3. The summed E-state index contributed by atoms with van der Waals surface area (Å²) < 4.78 is 12.7. The van der Waals surface area contributed by atoms with Crippen LogP contribution in [0.5, 0.6) is 6.01 Å². The first-order valence-electron chi connectivity index (χ1n) is 7.50. The molecule has 2 N–H and O–H groups in total. The molecule has 0 unspecified atom stereocenters. The molecule has 2 heterocycles. The number of rotatable bonds is 7. The minimum Gasteiger partial charge on any atom is -0.461 e. The van der Waals surface area contributed by atoms with Crippen LogP contribution in [0.3, 0.4) is 0 Å². The Morgan fingerprint density at radius 2 is 1.96 bits per heavy atom. The van der Waals surface area contributed by atoms with E-state index in [-0.39, 0.29) is 6.01 Å². The highest BCUT2D eigenvalue weighted by Crippen LogP contribution is 2.20. The van der Waals surface area contributed by atoms with Gasteiger partial charge in [-0.05, 0) is 12.5 Å². The second-order valence-electron chi connectivity index (χ2n) is 4.97. The van der Waals surface area contributed by atoms with Gasteiger partial charge in [-0.15, -0.1) is 0 Å². The SMILES string of the molecule is CCOCCOc1nc(N)c2ncn(Cc3ccccc3)c2n1. The van der Waals surface area contributed by atoms with E-state index >= 15 is 0 Å². The fraction of sp³-hybridized carbons (Fsp3) is 0.312. The van der Waals surface area contributed by atoms with Gasteiger partial charge in [-0.3, -0.25) is 0 Å². The fourth-order valence-electron chi connectivity index (χ4n) is 2.24. The molecule has 0 saturated heterocycles. The van der Waals surface area contributed by atoms with Gasteiger partial charge in [-0.1, -0.05) is 30.3 Å². The van der Waals surface area contributed by atoms with Crippen LogP contribution in [0.15, 0.2) is 36.7 Å².